The number of ether oxygens (including phenoxy) is 1. The summed E-state index contributed by atoms with van der Waals surface area (Å²) in [5.41, 5.74) is 1.23. The van der Waals surface area contributed by atoms with Crippen LogP contribution in [0.3, 0.4) is 0 Å². The van der Waals surface area contributed by atoms with Gasteiger partial charge < -0.3 is 19.8 Å². The van der Waals surface area contributed by atoms with Crippen LogP contribution in [0.5, 0.6) is 0 Å². The van der Waals surface area contributed by atoms with Gasteiger partial charge in [0.25, 0.3) is 0 Å². The van der Waals surface area contributed by atoms with Gasteiger partial charge in [-0.05, 0) is 38.1 Å². The van der Waals surface area contributed by atoms with Gasteiger partial charge in [-0.15, -0.1) is 0 Å². The fourth-order valence-corrected chi connectivity index (χ4v) is 3.35. The molecular weight excluding hydrogens is 311 g/mol. The average molecular weight is 334 g/mol. The summed E-state index contributed by atoms with van der Waals surface area (Å²) in [7, 11) is 1.70. The molecule has 1 aromatic carbocycles. The fourth-order valence-electron chi connectivity index (χ4n) is 3.35. The zero-order valence-corrected chi connectivity index (χ0v) is 13.9. The van der Waals surface area contributed by atoms with Gasteiger partial charge >= 0.3 is 0 Å². The van der Waals surface area contributed by atoms with Crippen LogP contribution in [0.25, 0.3) is 11.0 Å². The molecule has 1 amide bonds. The first kappa shape index (κ1) is 16.9. The van der Waals surface area contributed by atoms with Crippen LogP contribution in [-0.4, -0.2) is 39.3 Å². The first-order valence-electron chi connectivity index (χ1n) is 8.24. The number of benzene rings is 1. The minimum atomic E-state index is -0.347. The topological polar surface area (TPSA) is 63.5 Å². The van der Waals surface area contributed by atoms with Crippen LogP contribution in [0.1, 0.15) is 18.4 Å². The van der Waals surface area contributed by atoms with Gasteiger partial charge in [-0.25, -0.2) is 4.39 Å². The fraction of sp³-hybridized carbons (Fsp3) is 0.500. The van der Waals surface area contributed by atoms with Gasteiger partial charge in [-0.3, -0.25) is 4.79 Å². The number of methoxy groups -OCH3 is 1. The van der Waals surface area contributed by atoms with Crippen molar-refractivity contribution in [3.05, 3.63) is 35.8 Å². The molecule has 1 aliphatic heterocycles. The van der Waals surface area contributed by atoms with E-state index >= 15 is 0 Å². The summed E-state index contributed by atoms with van der Waals surface area (Å²) >= 11 is 0. The molecule has 0 saturated carbocycles. The Labute approximate surface area is 140 Å². The Morgan fingerprint density at radius 2 is 2.21 bits per heavy atom. The molecule has 0 radical (unpaired) electrons. The maximum absolute atomic E-state index is 13.2. The van der Waals surface area contributed by atoms with E-state index in [1.807, 2.05) is 0 Å². The Morgan fingerprint density at radius 3 is 2.96 bits per heavy atom. The quantitative estimate of drug-likeness (QED) is 0.850. The third-order valence-electron chi connectivity index (χ3n) is 4.74. The number of fused-ring (bicyclic) bond motifs is 1. The molecule has 130 valence electrons. The highest BCUT2D eigenvalue weighted by Crippen LogP contribution is 2.28. The van der Waals surface area contributed by atoms with Crippen molar-refractivity contribution in [2.75, 3.05) is 33.4 Å². The number of carbonyl (C=O) groups excluding carboxylic acids is 1. The van der Waals surface area contributed by atoms with Crippen molar-refractivity contribution in [2.24, 2.45) is 5.41 Å². The molecule has 5 nitrogen and oxygen atoms in total. The van der Waals surface area contributed by atoms with Crippen LogP contribution >= 0.6 is 0 Å². The van der Waals surface area contributed by atoms with E-state index in [0.29, 0.717) is 18.7 Å². The molecule has 0 unspecified atom stereocenters. The molecule has 2 N–H and O–H groups in total. The minimum Gasteiger partial charge on any atom is -0.464 e. The molecule has 3 rings (SSSR count). The number of hydrogen-bond donors (Lipinski definition) is 2. The molecule has 1 fully saturated rings. The first-order chi connectivity index (χ1) is 11.6. The lowest BCUT2D eigenvalue weighted by atomic mass is 9.79. The molecule has 1 saturated heterocycles. The number of rotatable bonds is 6. The van der Waals surface area contributed by atoms with Crippen molar-refractivity contribution in [1.29, 1.82) is 0 Å². The summed E-state index contributed by atoms with van der Waals surface area (Å²) in [6.07, 6.45) is 3.71. The summed E-state index contributed by atoms with van der Waals surface area (Å²) < 4.78 is 23.9. The molecule has 0 aliphatic carbocycles. The Kier molecular flexibility index (Phi) is 5.16. The van der Waals surface area contributed by atoms with Gasteiger partial charge in [0.05, 0.1) is 19.3 Å². The normalized spacial score (nSPS) is 17.1. The van der Waals surface area contributed by atoms with Gasteiger partial charge in [0, 0.05) is 36.1 Å². The summed E-state index contributed by atoms with van der Waals surface area (Å²) in [4.78, 5) is 12.3. The minimum absolute atomic E-state index is 0.00273. The zero-order valence-electron chi connectivity index (χ0n) is 13.9. The lowest BCUT2D eigenvalue weighted by molar-refractivity contribution is -0.121. The number of nitrogens with one attached hydrogen (secondary N) is 2. The Morgan fingerprint density at radius 1 is 1.42 bits per heavy atom. The van der Waals surface area contributed by atoms with E-state index in [4.69, 9.17) is 9.15 Å². The second kappa shape index (κ2) is 7.32. The van der Waals surface area contributed by atoms with Gasteiger partial charge in [-0.2, -0.15) is 0 Å². The third-order valence-corrected chi connectivity index (χ3v) is 4.74. The molecule has 2 heterocycles. The lowest BCUT2D eigenvalue weighted by Crippen LogP contribution is -2.47. The van der Waals surface area contributed by atoms with Gasteiger partial charge in [-0.1, -0.05) is 0 Å². The predicted molar refractivity (Wildman–Crippen MR) is 89.3 cm³/mol. The van der Waals surface area contributed by atoms with Gasteiger partial charge in [0.15, 0.2) is 0 Å². The van der Waals surface area contributed by atoms with Crippen LogP contribution in [0, 0.1) is 11.2 Å². The SMILES string of the molecule is COCC1(CNC(=O)Cc2coc3cc(F)ccc23)CCNCC1. The number of amides is 1. The second-order valence-electron chi connectivity index (χ2n) is 6.54. The number of furan rings is 1. The van der Waals surface area contributed by atoms with E-state index in [2.05, 4.69) is 10.6 Å². The first-order valence-corrected chi connectivity index (χ1v) is 8.24. The molecule has 0 spiro atoms. The number of halogens is 1. The number of piperidine rings is 1. The van der Waals surface area contributed by atoms with Crippen LogP contribution in [0.2, 0.25) is 0 Å². The molecule has 2 aromatic rings. The predicted octanol–water partition coefficient (Wildman–Crippen LogP) is 2.25. The van der Waals surface area contributed by atoms with Crippen molar-refractivity contribution in [1.82, 2.24) is 10.6 Å². The van der Waals surface area contributed by atoms with E-state index in [0.717, 1.165) is 36.9 Å². The summed E-state index contributed by atoms with van der Waals surface area (Å²) in [5.74, 6) is -0.406. The molecule has 24 heavy (non-hydrogen) atoms. The maximum atomic E-state index is 13.2. The van der Waals surface area contributed by atoms with E-state index in [-0.39, 0.29) is 23.6 Å². The van der Waals surface area contributed by atoms with Crippen molar-refractivity contribution in [3.8, 4) is 0 Å². The average Bonchev–Trinajstić information content (AvgIpc) is 2.96. The molecule has 6 heteroatoms. The molecule has 1 aliphatic rings. The summed E-state index contributed by atoms with van der Waals surface area (Å²) in [6.45, 7) is 3.13. The van der Waals surface area contributed by atoms with E-state index in [1.54, 1.807) is 13.2 Å². The van der Waals surface area contributed by atoms with Crippen molar-refractivity contribution < 1.29 is 18.3 Å². The summed E-state index contributed by atoms with van der Waals surface area (Å²) in [6, 6.07) is 4.36. The Hall–Kier alpha value is -1.92. The highest BCUT2D eigenvalue weighted by Gasteiger charge is 2.32. The van der Waals surface area contributed by atoms with Gasteiger partial charge in [0.1, 0.15) is 11.4 Å². The molecule has 1 aromatic heterocycles. The van der Waals surface area contributed by atoms with E-state index < -0.39 is 0 Å². The monoisotopic (exact) mass is 334 g/mol. The van der Waals surface area contributed by atoms with Crippen molar-refractivity contribution >= 4 is 16.9 Å². The Balaban J connectivity index is 1.62. The highest BCUT2D eigenvalue weighted by molar-refractivity contribution is 5.87. The van der Waals surface area contributed by atoms with Crippen molar-refractivity contribution in [3.63, 3.8) is 0 Å². The maximum Gasteiger partial charge on any atom is 0.224 e. The molecular formula is C18H23FN2O3. The molecule has 0 atom stereocenters. The number of hydrogen-bond acceptors (Lipinski definition) is 4. The highest BCUT2D eigenvalue weighted by atomic mass is 19.1. The van der Waals surface area contributed by atoms with Crippen molar-refractivity contribution in [2.45, 2.75) is 19.3 Å². The van der Waals surface area contributed by atoms with Crippen LogP contribution < -0.4 is 10.6 Å². The zero-order chi connectivity index (χ0) is 17.0. The van der Waals surface area contributed by atoms with E-state index in [1.165, 1.54) is 18.4 Å². The van der Waals surface area contributed by atoms with Crippen LogP contribution in [-0.2, 0) is 16.0 Å². The standard InChI is InChI=1S/C18H23FN2O3/c1-23-12-18(4-6-20-7-5-18)11-21-17(22)8-13-10-24-16-9-14(19)2-3-15(13)16/h2-3,9-10,20H,4-8,11-12H2,1H3,(H,21,22). The third kappa shape index (κ3) is 3.76. The van der Waals surface area contributed by atoms with Crippen LogP contribution in [0.4, 0.5) is 4.39 Å². The lowest BCUT2D eigenvalue weighted by Gasteiger charge is -2.37. The largest absolute Gasteiger partial charge is 0.464 e. The van der Waals surface area contributed by atoms with Gasteiger partial charge in [0.2, 0.25) is 5.91 Å². The summed E-state index contributed by atoms with van der Waals surface area (Å²) in [5, 5.41) is 7.14. The van der Waals surface area contributed by atoms with Crippen LogP contribution in [0.15, 0.2) is 28.9 Å². The number of carbonyl (C=O) groups is 1. The second-order valence-corrected chi connectivity index (χ2v) is 6.54. The smallest absolute Gasteiger partial charge is 0.224 e. The van der Waals surface area contributed by atoms with E-state index in [9.17, 15) is 9.18 Å². The Bertz CT molecular complexity index is 702. The molecule has 0 bridgehead atoms.